The molecule has 1 atom stereocenters. The van der Waals surface area contributed by atoms with E-state index in [1.54, 1.807) is 22.6 Å². The summed E-state index contributed by atoms with van der Waals surface area (Å²) in [6.45, 7) is 0.127. The fourth-order valence-corrected chi connectivity index (χ4v) is 1.76. The molecule has 1 rings (SSSR count). The van der Waals surface area contributed by atoms with Gasteiger partial charge in [-0.25, -0.2) is 4.39 Å². The first-order chi connectivity index (χ1) is 8.45. The number of methoxy groups -OCH3 is 1. The Morgan fingerprint density at radius 1 is 1.67 bits per heavy atom. The van der Waals surface area contributed by atoms with Crippen molar-refractivity contribution in [1.82, 2.24) is 0 Å². The molecule has 0 aliphatic carbocycles. The summed E-state index contributed by atoms with van der Waals surface area (Å²) in [5.74, 6) is -0.551. The first kappa shape index (κ1) is 15.1. The van der Waals surface area contributed by atoms with Gasteiger partial charge in [0, 0.05) is 25.8 Å². The summed E-state index contributed by atoms with van der Waals surface area (Å²) >= 11 is 1.68. The van der Waals surface area contributed by atoms with Gasteiger partial charge in [0.1, 0.15) is 11.5 Å². The predicted molar refractivity (Wildman–Crippen MR) is 72.1 cm³/mol. The molecular formula is C10H12FIN2O4. The van der Waals surface area contributed by atoms with Gasteiger partial charge in [0.2, 0.25) is 0 Å². The van der Waals surface area contributed by atoms with E-state index in [1.807, 2.05) is 0 Å². The van der Waals surface area contributed by atoms with Crippen LogP contribution in [-0.4, -0.2) is 36.4 Å². The quantitative estimate of drug-likeness (QED) is 0.453. The molecule has 1 aromatic carbocycles. The second kappa shape index (κ2) is 6.81. The molecule has 0 fully saturated rings. The van der Waals surface area contributed by atoms with E-state index in [0.29, 0.717) is 0 Å². The van der Waals surface area contributed by atoms with Gasteiger partial charge >= 0.3 is 0 Å². The van der Waals surface area contributed by atoms with E-state index in [4.69, 9.17) is 4.74 Å². The van der Waals surface area contributed by atoms with Gasteiger partial charge in [-0.15, -0.1) is 0 Å². The van der Waals surface area contributed by atoms with Crippen molar-refractivity contribution < 1.29 is 19.2 Å². The van der Waals surface area contributed by atoms with Crippen LogP contribution in [0.1, 0.15) is 0 Å². The number of nitro groups is 1. The zero-order valence-corrected chi connectivity index (χ0v) is 11.7. The van der Waals surface area contributed by atoms with E-state index in [2.05, 4.69) is 5.32 Å². The van der Waals surface area contributed by atoms with Crippen molar-refractivity contribution in [3.8, 4) is 0 Å². The molecule has 0 radical (unpaired) electrons. The summed E-state index contributed by atoms with van der Waals surface area (Å²) in [6.07, 6.45) is -0.822. The van der Waals surface area contributed by atoms with Crippen molar-refractivity contribution in [2.75, 3.05) is 25.6 Å². The molecule has 100 valence electrons. The Kier molecular flexibility index (Phi) is 5.69. The van der Waals surface area contributed by atoms with Crippen LogP contribution in [0.5, 0.6) is 0 Å². The highest BCUT2D eigenvalue weighted by molar-refractivity contribution is 14.1. The Morgan fingerprint density at radius 3 is 2.89 bits per heavy atom. The molecular weight excluding hydrogens is 358 g/mol. The molecule has 0 bridgehead atoms. The molecule has 6 nitrogen and oxygen atoms in total. The smallest absolute Gasteiger partial charge is 0.293 e. The third kappa shape index (κ3) is 4.03. The minimum absolute atomic E-state index is 0.0352. The molecule has 8 heteroatoms. The zero-order valence-electron chi connectivity index (χ0n) is 9.52. The van der Waals surface area contributed by atoms with Gasteiger partial charge < -0.3 is 15.2 Å². The van der Waals surface area contributed by atoms with E-state index in [9.17, 15) is 19.6 Å². The highest BCUT2D eigenvalue weighted by atomic mass is 127. The number of rotatable bonds is 6. The lowest BCUT2D eigenvalue weighted by atomic mass is 10.2. The molecule has 1 unspecified atom stereocenters. The molecule has 0 aromatic heterocycles. The normalized spacial score (nSPS) is 12.2. The fourth-order valence-electron chi connectivity index (χ4n) is 1.31. The summed E-state index contributed by atoms with van der Waals surface area (Å²) in [5, 5.41) is 22.9. The molecule has 1 aromatic rings. The predicted octanol–water partition coefficient (Wildman–Crippen LogP) is 1.76. The zero-order chi connectivity index (χ0) is 13.7. The summed E-state index contributed by atoms with van der Waals surface area (Å²) in [5.41, 5.74) is -0.196. The van der Waals surface area contributed by atoms with Gasteiger partial charge in [0.15, 0.2) is 0 Å². The number of benzene rings is 1. The summed E-state index contributed by atoms with van der Waals surface area (Å²) in [7, 11) is 1.43. The monoisotopic (exact) mass is 370 g/mol. The number of nitrogens with zero attached hydrogens (tertiary/aromatic N) is 1. The van der Waals surface area contributed by atoms with Gasteiger partial charge in [0.25, 0.3) is 5.69 Å². The highest BCUT2D eigenvalue weighted by Crippen LogP contribution is 2.28. The molecule has 0 saturated heterocycles. The Labute approximate surface area is 116 Å². The number of ether oxygens (including phenoxy) is 1. The maximum absolute atomic E-state index is 13.3. The van der Waals surface area contributed by atoms with Crippen LogP contribution in [0.25, 0.3) is 0 Å². The van der Waals surface area contributed by atoms with E-state index in [0.717, 1.165) is 12.1 Å². The Morgan fingerprint density at radius 2 is 2.33 bits per heavy atom. The lowest BCUT2D eigenvalue weighted by Crippen LogP contribution is -2.24. The number of hydrogen-bond acceptors (Lipinski definition) is 5. The minimum Gasteiger partial charge on any atom is -0.389 e. The van der Waals surface area contributed by atoms with Crippen LogP contribution >= 0.6 is 22.6 Å². The van der Waals surface area contributed by atoms with Crippen LogP contribution < -0.4 is 5.32 Å². The topological polar surface area (TPSA) is 84.6 Å². The molecule has 0 aliphatic heterocycles. The number of halogens is 2. The van der Waals surface area contributed by atoms with E-state index < -0.39 is 16.8 Å². The van der Waals surface area contributed by atoms with Crippen molar-refractivity contribution in [1.29, 1.82) is 0 Å². The number of nitro benzene ring substituents is 1. The van der Waals surface area contributed by atoms with Gasteiger partial charge in [-0.2, -0.15) is 0 Å². The SMILES string of the molecule is COCC(O)CNc1cc(F)c(I)cc1[N+](=O)[O-]. The van der Waals surface area contributed by atoms with Gasteiger partial charge in [-0.1, -0.05) is 0 Å². The summed E-state index contributed by atoms with van der Waals surface area (Å²) < 4.78 is 18.2. The summed E-state index contributed by atoms with van der Waals surface area (Å²) in [6, 6.07) is 2.18. The maximum atomic E-state index is 13.3. The average Bonchev–Trinajstić information content (AvgIpc) is 2.30. The third-order valence-corrected chi connectivity index (χ3v) is 2.95. The molecule has 2 N–H and O–H groups in total. The Bertz CT molecular complexity index is 444. The van der Waals surface area contributed by atoms with Crippen molar-refractivity contribution in [3.05, 3.63) is 31.6 Å². The number of anilines is 1. The third-order valence-electron chi connectivity index (χ3n) is 2.12. The van der Waals surface area contributed by atoms with Crippen LogP contribution in [0.2, 0.25) is 0 Å². The number of hydrogen-bond donors (Lipinski definition) is 2. The van der Waals surface area contributed by atoms with Gasteiger partial charge in [-0.3, -0.25) is 10.1 Å². The van der Waals surface area contributed by atoms with Crippen molar-refractivity contribution in [2.24, 2.45) is 0 Å². The van der Waals surface area contributed by atoms with E-state index in [1.165, 1.54) is 7.11 Å². The number of aliphatic hydroxyl groups excluding tert-OH is 1. The highest BCUT2D eigenvalue weighted by Gasteiger charge is 2.18. The van der Waals surface area contributed by atoms with Gasteiger partial charge in [-0.05, 0) is 22.6 Å². The van der Waals surface area contributed by atoms with Crippen molar-refractivity contribution in [2.45, 2.75) is 6.10 Å². The van der Waals surface area contributed by atoms with Crippen LogP contribution in [0, 0.1) is 19.5 Å². The summed E-state index contributed by atoms with van der Waals surface area (Å²) in [4.78, 5) is 10.2. The second-order valence-electron chi connectivity index (χ2n) is 3.53. The largest absolute Gasteiger partial charge is 0.389 e. The lowest BCUT2D eigenvalue weighted by Gasteiger charge is -2.12. The van der Waals surface area contributed by atoms with Crippen molar-refractivity contribution >= 4 is 34.0 Å². The lowest BCUT2D eigenvalue weighted by molar-refractivity contribution is -0.384. The number of nitrogens with one attached hydrogen (secondary N) is 1. The van der Waals surface area contributed by atoms with Crippen LogP contribution in [-0.2, 0) is 4.74 Å². The first-order valence-electron chi connectivity index (χ1n) is 5.00. The van der Waals surface area contributed by atoms with Gasteiger partial charge in [0.05, 0.1) is 21.2 Å². The molecule has 0 aliphatic rings. The average molecular weight is 370 g/mol. The Hall–Kier alpha value is -1.00. The number of aliphatic hydroxyl groups is 1. The first-order valence-corrected chi connectivity index (χ1v) is 6.08. The maximum Gasteiger partial charge on any atom is 0.293 e. The standard InChI is InChI=1S/C10H12FIN2O4/c1-18-5-6(15)4-13-9-2-7(11)8(12)3-10(9)14(16)17/h2-3,6,13,15H,4-5H2,1H3. The van der Waals surface area contributed by atoms with Crippen LogP contribution in [0.3, 0.4) is 0 Å². The Balaban J connectivity index is 2.86. The van der Waals surface area contributed by atoms with Crippen LogP contribution in [0.4, 0.5) is 15.8 Å². The molecule has 18 heavy (non-hydrogen) atoms. The molecule has 0 spiro atoms. The van der Waals surface area contributed by atoms with Crippen molar-refractivity contribution in [3.63, 3.8) is 0 Å². The fraction of sp³-hybridized carbons (Fsp3) is 0.400. The minimum atomic E-state index is -0.822. The van der Waals surface area contributed by atoms with E-state index >= 15 is 0 Å². The molecule has 0 heterocycles. The molecule has 0 amide bonds. The molecule has 0 saturated carbocycles. The second-order valence-corrected chi connectivity index (χ2v) is 4.69. The van der Waals surface area contributed by atoms with E-state index in [-0.39, 0.29) is 28.1 Å². The van der Waals surface area contributed by atoms with Crippen LogP contribution in [0.15, 0.2) is 12.1 Å².